The number of carbonyl (C=O) groups excluding carboxylic acids is 3. The predicted octanol–water partition coefficient (Wildman–Crippen LogP) is 4.06. The van der Waals surface area contributed by atoms with Crippen molar-refractivity contribution in [3.63, 3.8) is 0 Å². The molecule has 31 heavy (non-hydrogen) atoms. The van der Waals surface area contributed by atoms with E-state index in [-0.39, 0.29) is 54.0 Å². The van der Waals surface area contributed by atoms with E-state index in [9.17, 15) is 18.8 Å². The molecule has 0 spiro atoms. The summed E-state index contributed by atoms with van der Waals surface area (Å²) < 4.78 is 13.2. The summed E-state index contributed by atoms with van der Waals surface area (Å²) in [4.78, 5) is 42.6. The van der Waals surface area contributed by atoms with Crippen molar-refractivity contribution in [3.8, 4) is 0 Å². The van der Waals surface area contributed by atoms with E-state index in [4.69, 9.17) is 23.2 Å². The number of carbonyl (C=O) groups is 3. The van der Waals surface area contributed by atoms with Gasteiger partial charge in [-0.1, -0.05) is 37.0 Å². The zero-order chi connectivity index (χ0) is 22.7. The molecule has 0 N–H and O–H groups in total. The summed E-state index contributed by atoms with van der Waals surface area (Å²) in [6, 6.07) is 10.1. The van der Waals surface area contributed by atoms with Crippen LogP contribution in [0.1, 0.15) is 24.2 Å². The standard InChI is InChI=1S/C22H22Cl2FN3O3/c1-14(2)10-26(22(31)18-8-3-15(23)9-19(18)24)11-20(29)27-12-21(30)28(13-27)17-6-4-16(25)5-7-17/h3-9,14H,10-13H2,1-2H3. The highest BCUT2D eigenvalue weighted by molar-refractivity contribution is 6.36. The fourth-order valence-corrected chi connectivity index (χ4v) is 3.81. The maximum Gasteiger partial charge on any atom is 0.255 e. The fraction of sp³-hybridized carbons (Fsp3) is 0.318. The Morgan fingerprint density at radius 1 is 1.13 bits per heavy atom. The number of amides is 3. The van der Waals surface area contributed by atoms with Crippen LogP contribution in [-0.4, -0.2) is 53.8 Å². The van der Waals surface area contributed by atoms with Gasteiger partial charge in [-0.25, -0.2) is 4.39 Å². The van der Waals surface area contributed by atoms with Crippen molar-refractivity contribution in [3.05, 3.63) is 63.9 Å². The summed E-state index contributed by atoms with van der Waals surface area (Å²) in [5.41, 5.74) is 0.759. The van der Waals surface area contributed by atoms with Gasteiger partial charge in [0.2, 0.25) is 11.8 Å². The van der Waals surface area contributed by atoms with Gasteiger partial charge in [0.1, 0.15) is 25.6 Å². The quantitative estimate of drug-likeness (QED) is 0.645. The van der Waals surface area contributed by atoms with Gasteiger partial charge in [-0.15, -0.1) is 0 Å². The van der Waals surface area contributed by atoms with Crippen molar-refractivity contribution < 1.29 is 18.8 Å². The van der Waals surface area contributed by atoms with E-state index in [2.05, 4.69) is 0 Å². The molecule has 0 aliphatic carbocycles. The molecule has 1 saturated heterocycles. The van der Waals surface area contributed by atoms with Crippen LogP contribution < -0.4 is 4.90 Å². The van der Waals surface area contributed by atoms with Crippen LogP contribution in [0, 0.1) is 11.7 Å². The van der Waals surface area contributed by atoms with Crippen LogP contribution in [0.2, 0.25) is 10.0 Å². The Labute approximate surface area is 190 Å². The number of rotatable bonds is 6. The van der Waals surface area contributed by atoms with Gasteiger partial charge in [-0.05, 0) is 48.4 Å². The smallest absolute Gasteiger partial charge is 0.255 e. The molecule has 1 aliphatic rings. The zero-order valence-electron chi connectivity index (χ0n) is 17.1. The third kappa shape index (κ3) is 5.54. The molecule has 6 nitrogen and oxygen atoms in total. The molecule has 3 amide bonds. The third-order valence-electron chi connectivity index (χ3n) is 4.79. The normalized spacial score (nSPS) is 13.8. The van der Waals surface area contributed by atoms with E-state index < -0.39 is 5.82 Å². The third-order valence-corrected chi connectivity index (χ3v) is 5.34. The van der Waals surface area contributed by atoms with Crippen molar-refractivity contribution in [1.82, 2.24) is 9.80 Å². The number of hydrogen-bond donors (Lipinski definition) is 0. The average molecular weight is 466 g/mol. The molecule has 0 aromatic heterocycles. The van der Waals surface area contributed by atoms with E-state index >= 15 is 0 Å². The largest absolute Gasteiger partial charge is 0.329 e. The van der Waals surface area contributed by atoms with Gasteiger partial charge >= 0.3 is 0 Å². The molecule has 2 aromatic rings. The summed E-state index contributed by atoms with van der Waals surface area (Å²) in [6.45, 7) is 3.94. The first-order valence-electron chi connectivity index (χ1n) is 9.73. The summed E-state index contributed by atoms with van der Waals surface area (Å²) in [6.07, 6.45) is 0. The van der Waals surface area contributed by atoms with Gasteiger partial charge in [0.15, 0.2) is 0 Å². The number of hydrogen-bond acceptors (Lipinski definition) is 3. The molecule has 0 radical (unpaired) electrons. The number of nitrogens with zero attached hydrogens (tertiary/aromatic N) is 3. The van der Waals surface area contributed by atoms with Gasteiger partial charge in [-0.3, -0.25) is 19.3 Å². The summed E-state index contributed by atoms with van der Waals surface area (Å²) in [5.74, 6) is -1.32. The van der Waals surface area contributed by atoms with Gasteiger partial charge in [0, 0.05) is 17.3 Å². The second kappa shape index (κ2) is 9.66. The highest BCUT2D eigenvalue weighted by Gasteiger charge is 2.33. The summed E-state index contributed by atoms with van der Waals surface area (Å²) >= 11 is 12.1. The molecule has 1 heterocycles. The first-order valence-corrected chi connectivity index (χ1v) is 10.5. The van der Waals surface area contributed by atoms with Gasteiger partial charge < -0.3 is 9.80 Å². The van der Waals surface area contributed by atoms with Crippen LogP contribution in [0.25, 0.3) is 0 Å². The number of halogens is 3. The second-order valence-corrected chi connectivity index (χ2v) is 8.58. The van der Waals surface area contributed by atoms with E-state index in [0.29, 0.717) is 17.3 Å². The Kier molecular flexibility index (Phi) is 7.18. The van der Waals surface area contributed by atoms with Crippen LogP contribution in [0.4, 0.5) is 10.1 Å². The Balaban J connectivity index is 1.74. The maximum atomic E-state index is 13.2. The summed E-state index contributed by atoms with van der Waals surface area (Å²) in [5, 5.41) is 0.613. The highest BCUT2D eigenvalue weighted by atomic mass is 35.5. The summed E-state index contributed by atoms with van der Waals surface area (Å²) in [7, 11) is 0. The molecule has 0 bridgehead atoms. The second-order valence-electron chi connectivity index (χ2n) is 7.73. The SMILES string of the molecule is CC(C)CN(CC(=O)N1CC(=O)N(c2ccc(F)cc2)C1)C(=O)c1ccc(Cl)cc1Cl. The molecule has 2 aromatic carbocycles. The van der Waals surface area contributed by atoms with Crippen LogP contribution in [0.3, 0.4) is 0 Å². The molecule has 0 unspecified atom stereocenters. The molecule has 9 heteroatoms. The predicted molar refractivity (Wildman–Crippen MR) is 118 cm³/mol. The molecule has 0 saturated carbocycles. The van der Waals surface area contributed by atoms with E-state index in [1.54, 1.807) is 6.07 Å². The van der Waals surface area contributed by atoms with Crippen molar-refractivity contribution in [2.24, 2.45) is 5.92 Å². The van der Waals surface area contributed by atoms with Crippen molar-refractivity contribution in [2.45, 2.75) is 13.8 Å². The van der Waals surface area contributed by atoms with Crippen molar-refractivity contribution in [2.75, 3.05) is 31.2 Å². The molecule has 0 atom stereocenters. The van der Waals surface area contributed by atoms with Crippen LogP contribution in [0.15, 0.2) is 42.5 Å². The molecule has 164 valence electrons. The fourth-order valence-electron chi connectivity index (χ4n) is 3.32. The molecular weight excluding hydrogens is 444 g/mol. The highest BCUT2D eigenvalue weighted by Crippen LogP contribution is 2.24. The molecule has 3 rings (SSSR count). The lowest BCUT2D eigenvalue weighted by Gasteiger charge is -2.27. The first-order chi connectivity index (χ1) is 14.7. The zero-order valence-corrected chi connectivity index (χ0v) is 18.7. The lowest BCUT2D eigenvalue weighted by molar-refractivity contribution is -0.132. The van der Waals surface area contributed by atoms with Crippen LogP contribution in [0.5, 0.6) is 0 Å². The lowest BCUT2D eigenvalue weighted by atomic mass is 10.1. The monoisotopic (exact) mass is 465 g/mol. The van der Waals surface area contributed by atoms with Crippen LogP contribution >= 0.6 is 23.2 Å². The Hall–Kier alpha value is -2.64. The molecule has 1 aliphatic heterocycles. The first kappa shape index (κ1) is 23.0. The lowest BCUT2D eigenvalue weighted by Crippen LogP contribution is -2.44. The van der Waals surface area contributed by atoms with Gasteiger partial charge in [0.05, 0.1) is 10.6 Å². The Bertz CT molecular complexity index is 998. The minimum Gasteiger partial charge on any atom is -0.329 e. The molecular formula is C22H22Cl2FN3O3. The van der Waals surface area contributed by atoms with E-state index in [1.807, 2.05) is 13.8 Å². The van der Waals surface area contributed by atoms with E-state index in [1.165, 1.54) is 51.1 Å². The van der Waals surface area contributed by atoms with Gasteiger partial charge in [0.25, 0.3) is 5.91 Å². The number of anilines is 1. The Morgan fingerprint density at radius 2 is 1.81 bits per heavy atom. The minimum absolute atomic E-state index is 0.0364. The van der Waals surface area contributed by atoms with E-state index in [0.717, 1.165) is 0 Å². The molecule has 1 fully saturated rings. The topological polar surface area (TPSA) is 60.9 Å². The van der Waals surface area contributed by atoms with Crippen molar-refractivity contribution >= 4 is 46.6 Å². The average Bonchev–Trinajstić information content (AvgIpc) is 3.09. The van der Waals surface area contributed by atoms with Crippen molar-refractivity contribution in [1.29, 1.82) is 0 Å². The van der Waals surface area contributed by atoms with Crippen LogP contribution in [-0.2, 0) is 9.59 Å². The Morgan fingerprint density at radius 3 is 2.42 bits per heavy atom. The number of benzene rings is 2. The maximum absolute atomic E-state index is 13.2. The minimum atomic E-state index is -0.410. The van der Waals surface area contributed by atoms with Gasteiger partial charge in [-0.2, -0.15) is 0 Å².